The molecular weight excluding hydrogens is 322 g/mol. The molecule has 2 aliphatic heterocycles. The Balaban J connectivity index is 1.88. The Kier molecular flexibility index (Phi) is 2.68. The third kappa shape index (κ3) is 1.45. The van der Waals surface area contributed by atoms with Crippen LogP contribution in [0.5, 0.6) is 0 Å². The van der Waals surface area contributed by atoms with Crippen molar-refractivity contribution in [3.8, 4) is 0 Å². The third-order valence-electron chi connectivity index (χ3n) is 5.94. The van der Waals surface area contributed by atoms with Crippen molar-refractivity contribution in [2.24, 2.45) is 10.8 Å². The summed E-state index contributed by atoms with van der Waals surface area (Å²) in [5.41, 5.74) is -2.17. The first-order chi connectivity index (χ1) is 10.6. The van der Waals surface area contributed by atoms with Gasteiger partial charge in [0.1, 0.15) is 5.25 Å². The molecule has 1 saturated heterocycles. The van der Waals surface area contributed by atoms with Gasteiger partial charge < -0.3 is 4.74 Å². The van der Waals surface area contributed by atoms with Crippen LogP contribution in [0.1, 0.15) is 19.4 Å². The predicted molar refractivity (Wildman–Crippen MR) is 81.1 cm³/mol. The van der Waals surface area contributed by atoms with E-state index in [2.05, 4.69) is 0 Å². The highest BCUT2D eigenvalue weighted by molar-refractivity contribution is 7.92. The van der Waals surface area contributed by atoms with Gasteiger partial charge in [-0.15, -0.1) is 0 Å². The minimum atomic E-state index is -3.93. The summed E-state index contributed by atoms with van der Waals surface area (Å²) in [5, 5.41) is -1.25. The Morgan fingerprint density at radius 2 is 1.65 bits per heavy atom. The van der Waals surface area contributed by atoms with E-state index >= 15 is 0 Å². The highest BCUT2D eigenvalue weighted by atomic mass is 32.2. The SMILES string of the molecule is Cc1ccc(S(=O)(=O)[C@@H]2[C@@H]3C=C[C@@H](O3)[C@]23C(C)(C)C3(F)F)cc1. The van der Waals surface area contributed by atoms with Crippen LogP contribution >= 0.6 is 0 Å². The Hall–Kier alpha value is -1.27. The van der Waals surface area contributed by atoms with Gasteiger partial charge in [0.25, 0.3) is 5.92 Å². The fraction of sp³-hybridized carbons (Fsp3) is 0.529. The second kappa shape index (κ2) is 4.03. The molecule has 1 saturated carbocycles. The van der Waals surface area contributed by atoms with E-state index in [-0.39, 0.29) is 4.90 Å². The quantitative estimate of drug-likeness (QED) is 0.777. The molecule has 3 nitrogen and oxygen atoms in total. The Bertz CT molecular complexity index is 795. The summed E-state index contributed by atoms with van der Waals surface area (Å²) in [6.07, 6.45) is 1.55. The Morgan fingerprint density at radius 3 is 2.17 bits per heavy atom. The molecule has 6 heteroatoms. The maximum Gasteiger partial charge on any atom is 0.264 e. The standard InChI is InChI=1S/C17H18F2O3S/c1-10-4-6-11(7-5-10)23(20,21)14-12-8-9-13(22-12)16(14)15(2,3)17(16,18)19/h4-9,12-14H,1-3H3/t12-,13+,14+,16+/m0/s1. The lowest BCUT2D eigenvalue weighted by Crippen LogP contribution is -2.43. The summed E-state index contributed by atoms with van der Waals surface area (Å²) >= 11 is 0. The molecule has 1 aliphatic carbocycles. The number of hydrogen-bond acceptors (Lipinski definition) is 3. The van der Waals surface area contributed by atoms with Crippen molar-refractivity contribution < 1.29 is 21.9 Å². The van der Waals surface area contributed by atoms with Gasteiger partial charge in [0.15, 0.2) is 9.84 Å². The van der Waals surface area contributed by atoms with Gasteiger partial charge in [0.05, 0.1) is 22.5 Å². The molecule has 23 heavy (non-hydrogen) atoms. The van der Waals surface area contributed by atoms with Gasteiger partial charge in [-0.1, -0.05) is 43.7 Å². The first-order valence-corrected chi connectivity index (χ1v) is 9.15. The number of aryl methyl sites for hydroxylation is 1. The van der Waals surface area contributed by atoms with Crippen LogP contribution in [0.3, 0.4) is 0 Å². The molecule has 0 N–H and O–H groups in total. The second-order valence-electron chi connectivity index (χ2n) is 7.25. The molecule has 1 aromatic carbocycles. The average molecular weight is 340 g/mol. The molecule has 4 atom stereocenters. The number of fused-ring (bicyclic) bond motifs is 3. The smallest absolute Gasteiger partial charge is 0.264 e. The summed E-state index contributed by atoms with van der Waals surface area (Å²) in [7, 11) is -3.93. The highest BCUT2D eigenvalue weighted by Crippen LogP contribution is 2.82. The average Bonchev–Trinajstić information content (AvgIpc) is 2.95. The molecule has 0 amide bonds. The summed E-state index contributed by atoms with van der Waals surface area (Å²) < 4.78 is 61.3. The van der Waals surface area contributed by atoms with Crippen LogP contribution in [-0.4, -0.2) is 31.8 Å². The molecule has 0 aromatic heterocycles. The lowest BCUT2D eigenvalue weighted by atomic mass is 9.83. The summed E-state index contributed by atoms with van der Waals surface area (Å²) in [6, 6.07) is 6.34. The summed E-state index contributed by atoms with van der Waals surface area (Å²) in [6.45, 7) is 4.71. The third-order valence-corrected chi connectivity index (χ3v) is 8.17. The van der Waals surface area contributed by atoms with Crippen LogP contribution in [0.15, 0.2) is 41.3 Å². The van der Waals surface area contributed by atoms with E-state index in [0.717, 1.165) is 5.56 Å². The van der Waals surface area contributed by atoms with Gasteiger partial charge in [-0.25, -0.2) is 17.2 Å². The molecule has 1 aromatic rings. The molecule has 0 unspecified atom stereocenters. The zero-order valence-electron chi connectivity index (χ0n) is 13.1. The number of alkyl halides is 2. The maximum absolute atomic E-state index is 14.7. The van der Waals surface area contributed by atoms with Gasteiger partial charge in [-0.3, -0.25) is 0 Å². The molecule has 0 radical (unpaired) electrons. The summed E-state index contributed by atoms with van der Waals surface area (Å²) in [5.74, 6) is -3.08. The number of halogens is 2. The van der Waals surface area contributed by atoms with E-state index in [4.69, 9.17) is 4.74 Å². The number of hydrogen-bond donors (Lipinski definition) is 0. The van der Waals surface area contributed by atoms with Crippen molar-refractivity contribution in [3.63, 3.8) is 0 Å². The van der Waals surface area contributed by atoms with Gasteiger partial charge in [-0.2, -0.15) is 0 Å². The number of ether oxygens (including phenoxy) is 1. The topological polar surface area (TPSA) is 43.4 Å². The van der Waals surface area contributed by atoms with E-state index in [1.807, 2.05) is 6.92 Å². The van der Waals surface area contributed by atoms with Crippen LogP contribution in [0.4, 0.5) is 8.78 Å². The van der Waals surface area contributed by atoms with Crippen LogP contribution in [0, 0.1) is 17.8 Å². The number of sulfone groups is 1. The van der Waals surface area contributed by atoms with E-state index in [1.165, 1.54) is 26.0 Å². The van der Waals surface area contributed by atoms with Crippen molar-refractivity contribution in [2.75, 3.05) is 0 Å². The van der Waals surface area contributed by atoms with Crippen LogP contribution < -0.4 is 0 Å². The van der Waals surface area contributed by atoms with Crippen LogP contribution in [-0.2, 0) is 14.6 Å². The van der Waals surface area contributed by atoms with E-state index in [1.54, 1.807) is 24.3 Å². The molecule has 4 rings (SSSR count). The van der Waals surface area contributed by atoms with Crippen molar-refractivity contribution in [1.82, 2.24) is 0 Å². The molecule has 2 bridgehead atoms. The minimum absolute atomic E-state index is 0.0792. The normalized spacial score (nSPS) is 39.1. The van der Waals surface area contributed by atoms with Gasteiger partial charge in [0, 0.05) is 5.41 Å². The lowest BCUT2D eigenvalue weighted by molar-refractivity contribution is 0.0284. The van der Waals surface area contributed by atoms with Gasteiger partial charge >= 0.3 is 0 Å². The highest BCUT2D eigenvalue weighted by Gasteiger charge is 2.95. The molecule has 3 aliphatic rings. The monoisotopic (exact) mass is 340 g/mol. The molecule has 2 fully saturated rings. The van der Waals surface area contributed by atoms with Gasteiger partial charge in [0.2, 0.25) is 0 Å². The predicted octanol–water partition coefficient (Wildman–Crippen LogP) is 3.14. The van der Waals surface area contributed by atoms with E-state index in [9.17, 15) is 17.2 Å². The first-order valence-electron chi connectivity index (χ1n) is 7.60. The Labute approximate surface area is 134 Å². The van der Waals surface area contributed by atoms with E-state index in [0.29, 0.717) is 0 Å². The minimum Gasteiger partial charge on any atom is -0.365 e. The van der Waals surface area contributed by atoms with Crippen molar-refractivity contribution >= 4 is 9.84 Å². The zero-order chi connectivity index (χ0) is 16.8. The number of benzene rings is 1. The lowest BCUT2D eigenvalue weighted by Gasteiger charge is -2.27. The largest absolute Gasteiger partial charge is 0.365 e. The molecular formula is C17H18F2O3S. The van der Waals surface area contributed by atoms with Crippen LogP contribution in [0.25, 0.3) is 0 Å². The molecule has 124 valence electrons. The summed E-state index contributed by atoms with van der Waals surface area (Å²) in [4.78, 5) is 0.0792. The second-order valence-corrected chi connectivity index (χ2v) is 9.32. The Morgan fingerprint density at radius 1 is 1.09 bits per heavy atom. The van der Waals surface area contributed by atoms with Gasteiger partial charge in [-0.05, 0) is 19.1 Å². The fourth-order valence-corrected chi connectivity index (χ4v) is 6.90. The first kappa shape index (κ1) is 15.3. The van der Waals surface area contributed by atoms with Crippen molar-refractivity contribution in [2.45, 2.75) is 49.0 Å². The maximum atomic E-state index is 14.7. The van der Waals surface area contributed by atoms with E-state index < -0.39 is 44.0 Å². The van der Waals surface area contributed by atoms with Crippen molar-refractivity contribution in [1.29, 1.82) is 0 Å². The number of rotatable bonds is 2. The van der Waals surface area contributed by atoms with Crippen LogP contribution in [0.2, 0.25) is 0 Å². The zero-order valence-corrected chi connectivity index (χ0v) is 13.9. The van der Waals surface area contributed by atoms with Crippen molar-refractivity contribution in [3.05, 3.63) is 42.0 Å². The molecule has 1 spiro atoms. The fourth-order valence-electron chi connectivity index (χ4n) is 4.52. The molecule has 2 heterocycles.